The maximum atomic E-state index is 10.2. The zero-order valence-corrected chi connectivity index (χ0v) is 13.9. The number of nitrogens with zero attached hydrogens (tertiary/aromatic N) is 1. The van der Waals surface area contributed by atoms with Gasteiger partial charge in [0.05, 0.1) is 7.11 Å². The van der Waals surface area contributed by atoms with E-state index in [9.17, 15) is 5.11 Å². The van der Waals surface area contributed by atoms with E-state index in [1.54, 1.807) is 13.2 Å². The molecule has 120 valence electrons. The molecule has 1 fully saturated rings. The Hall–Kier alpha value is -0.940. The Morgan fingerprint density at radius 2 is 2.05 bits per heavy atom. The van der Waals surface area contributed by atoms with Crippen LogP contribution in [0, 0.1) is 0 Å². The molecule has 6 heteroatoms. The van der Waals surface area contributed by atoms with E-state index >= 15 is 0 Å². The molecule has 1 atom stereocenters. The minimum Gasteiger partial charge on any atom is -0.507 e. The molecule has 1 aromatic rings. The van der Waals surface area contributed by atoms with E-state index in [1.165, 1.54) is 0 Å². The molecule has 4 nitrogen and oxygen atoms in total. The molecule has 0 spiro atoms. The van der Waals surface area contributed by atoms with Gasteiger partial charge in [0.2, 0.25) is 0 Å². The summed E-state index contributed by atoms with van der Waals surface area (Å²) in [5.41, 5.74) is 0.947. The van der Waals surface area contributed by atoms with Crippen LogP contribution in [0.4, 0.5) is 0 Å². The molecular formula is C15H24Cl2N2O2. The van der Waals surface area contributed by atoms with Crippen LogP contribution in [-0.4, -0.2) is 43.3 Å². The van der Waals surface area contributed by atoms with Crippen LogP contribution in [0.25, 0.3) is 0 Å². The Balaban J connectivity index is 0.00000200. The van der Waals surface area contributed by atoms with Crippen molar-refractivity contribution in [1.29, 1.82) is 0 Å². The third kappa shape index (κ3) is 5.08. The van der Waals surface area contributed by atoms with Crippen molar-refractivity contribution in [2.45, 2.75) is 12.5 Å². The fourth-order valence-electron chi connectivity index (χ4n) is 2.56. The Labute approximate surface area is 139 Å². The van der Waals surface area contributed by atoms with Crippen molar-refractivity contribution < 1.29 is 9.84 Å². The minimum atomic E-state index is 0. The van der Waals surface area contributed by atoms with Gasteiger partial charge >= 0.3 is 0 Å². The van der Waals surface area contributed by atoms with Gasteiger partial charge in [-0.15, -0.1) is 31.4 Å². The number of methoxy groups -OCH3 is 1. The molecule has 1 saturated heterocycles. The van der Waals surface area contributed by atoms with E-state index < -0.39 is 0 Å². The molecule has 1 aliphatic heterocycles. The van der Waals surface area contributed by atoms with Crippen LogP contribution in [-0.2, 0) is 0 Å². The number of benzene rings is 1. The molecule has 1 aromatic carbocycles. The van der Waals surface area contributed by atoms with Gasteiger partial charge in [-0.05, 0) is 12.5 Å². The first-order valence-electron chi connectivity index (χ1n) is 6.69. The number of aromatic hydroxyl groups is 1. The van der Waals surface area contributed by atoms with E-state index in [0.29, 0.717) is 11.5 Å². The number of piperazine rings is 1. The number of rotatable bonds is 5. The number of ether oxygens (including phenoxy) is 1. The fourth-order valence-corrected chi connectivity index (χ4v) is 2.56. The van der Waals surface area contributed by atoms with Gasteiger partial charge in [-0.3, -0.25) is 4.90 Å². The molecule has 1 heterocycles. The second-order valence-electron chi connectivity index (χ2n) is 4.75. The summed E-state index contributed by atoms with van der Waals surface area (Å²) >= 11 is 0. The molecule has 1 aliphatic rings. The highest BCUT2D eigenvalue weighted by Crippen LogP contribution is 2.34. The van der Waals surface area contributed by atoms with Crippen molar-refractivity contribution >= 4 is 24.8 Å². The standard InChI is InChI=1S/C15H22N2O2.2ClH/c1-3-4-14(17-9-7-16-8-10-17)13-6-5-12(19-2)11-15(13)18;;/h3,5-6,11,14,16,18H,1,4,7-10H2,2H3;2*1H/t14-;;/m0../s1. The summed E-state index contributed by atoms with van der Waals surface area (Å²) in [6.07, 6.45) is 2.75. The average molecular weight is 335 g/mol. The molecule has 0 amide bonds. The van der Waals surface area contributed by atoms with Crippen LogP contribution in [0.1, 0.15) is 18.0 Å². The zero-order valence-electron chi connectivity index (χ0n) is 12.2. The molecule has 2 N–H and O–H groups in total. The quantitative estimate of drug-likeness (QED) is 0.813. The monoisotopic (exact) mass is 334 g/mol. The van der Waals surface area contributed by atoms with E-state index in [2.05, 4.69) is 16.8 Å². The predicted molar refractivity (Wildman–Crippen MR) is 91.2 cm³/mol. The molecule has 0 aliphatic carbocycles. The molecular weight excluding hydrogens is 311 g/mol. The first-order valence-corrected chi connectivity index (χ1v) is 6.69. The maximum Gasteiger partial charge on any atom is 0.124 e. The number of hydrogen-bond acceptors (Lipinski definition) is 4. The maximum absolute atomic E-state index is 10.2. The van der Waals surface area contributed by atoms with Gasteiger partial charge in [0, 0.05) is 43.9 Å². The topological polar surface area (TPSA) is 44.7 Å². The lowest BCUT2D eigenvalue weighted by Gasteiger charge is -2.35. The lowest BCUT2D eigenvalue weighted by atomic mass is 10.00. The predicted octanol–water partition coefficient (Wildman–Crippen LogP) is 2.77. The third-order valence-electron chi connectivity index (χ3n) is 3.58. The van der Waals surface area contributed by atoms with Gasteiger partial charge in [-0.25, -0.2) is 0 Å². The van der Waals surface area contributed by atoms with Crippen LogP contribution >= 0.6 is 24.8 Å². The lowest BCUT2D eigenvalue weighted by Crippen LogP contribution is -2.45. The van der Waals surface area contributed by atoms with Gasteiger partial charge in [0.15, 0.2) is 0 Å². The van der Waals surface area contributed by atoms with Crippen LogP contribution in [0.3, 0.4) is 0 Å². The molecule has 0 radical (unpaired) electrons. The summed E-state index contributed by atoms with van der Waals surface area (Å²) in [4.78, 5) is 2.39. The summed E-state index contributed by atoms with van der Waals surface area (Å²) in [7, 11) is 1.60. The van der Waals surface area contributed by atoms with Crippen LogP contribution in [0.2, 0.25) is 0 Å². The highest BCUT2D eigenvalue weighted by Gasteiger charge is 2.23. The molecule has 0 unspecified atom stereocenters. The number of nitrogens with one attached hydrogen (secondary N) is 1. The van der Waals surface area contributed by atoms with E-state index in [4.69, 9.17) is 4.74 Å². The van der Waals surface area contributed by atoms with Crippen molar-refractivity contribution in [2.75, 3.05) is 33.3 Å². The Bertz CT molecular complexity index is 438. The second kappa shape index (κ2) is 9.90. The molecule has 0 aromatic heterocycles. The summed E-state index contributed by atoms with van der Waals surface area (Å²) in [5, 5.41) is 13.5. The first-order chi connectivity index (χ1) is 9.26. The summed E-state index contributed by atoms with van der Waals surface area (Å²) < 4.78 is 5.13. The van der Waals surface area contributed by atoms with Gasteiger partial charge in [0.25, 0.3) is 0 Å². The average Bonchev–Trinajstić information content (AvgIpc) is 2.46. The third-order valence-corrected chi connectivity index (χ3v) is 3.58. The summed E-state index contributed by atoms with van der Waals surface area (Å²) in [5.74, 6) is 0.976. The van der Waals surface area contributed by atoms with E-state index in [0.717, 1.165) is 38.2 Å². The smallest absolute Gasteiger partial charge is 0.124 e. The van der Waals surface area contributed by atoms with Gasteiger partial charge in [-0.1, -0.05) is 12.1 Å². The number of halogens is 2. The highest BCUT2D eigenvalue weighted by atomic mass is 35.5. The van der Waals surface area contributed by atoms with E-state index in [1.807, 2.05) is 18.2 Å². The zero-order chi connectivity index (χ0) is 13.7. The molecule has 0 saturated carbocycles. The molecule has 2 rings (SSSR count). The Kier molecular flexibility index (Phi) is 9.46. The van der Waals surface area contributed by atoms with Crippen molar-refractivity contribution in [3.05, 3.63) is 36.4 Å². The highest BCUT2D eigenvalue weighted by molar-refractivity contribution is 5.85. The van der Waals surface area contributed by atoms with Crippen molar-refractivity contribution in [3.63, 3.8) is 0 Å². The van der Waals surface area contributed by atoms with Crippen molar-refractivity contribution in [2.24, 2.45) is 0 Å². The first kappa shape index (κ1) is 20.1. The second-order valence-corrected chi connectivity index (χ2v) is 4.75. The van der Waals surface area contributed by atoms with Gasteiger partial charge in [-0.2, -0.15) is 0 Å². The molecule has 0 bridgehead atoms. The van der Waals surface area contributed by atoms with Crippen LogP contribution in [0.15, 0.2) is 30.9 Å². The Morgan fingerprint density at radius 3 is 2.57 bits per heavy atom. The van der Waals surface area contributed by atoms with Gasteiger partial charge in [0.1, 0.15) is 11.5 Å². The van der Waals surface area contributed by atoms with Crippen LogP contribution in [0.5, 0.6) is 11.5 Å². The summed E-state index contributed by atoms with van der Waals surface area (Å²) in [6, 6.07) is 5.70. The largest absolute Gasteiger partial charge is 0.507 e. The number of phenols is 1. The SMILES string of the molecule is C=CC[C@@H](c1ccc(OC)cc1O)N1CCNCC1.Cl.Cl. The number of phenolic OH excluding ortho intramolecular Hbond substituents is 1. The van der Waals surface area contributed by atoms with Gasteiger partial charge < -0.3 is 15.2 Å². The van der Waals surface area contributed by atoms with Crippen molar-refractivity contribution in [3.8, 4) is 11.5 Å². The number of hydrogen-bond donors (Lipinski definition) is 2. The normalized spacial score (nSPS) is 16.2. The minimum absolute atomic E-state index is 0. The fraction of sp³-hybridized carbons (Fsp3) is 0.467. The van der Waals surface area contributed by atoms with E-state index in [-0.39, 0.29) is 30.9 Å². The van der Waals surface area contributed by atoms with Crippen molar-refractivity contribution in [1.82, 2.24) is 10.2 Å². The summed E-state index contributed by atoms with van der Waals surface area (Å²) in [6.45, 7) is 7.80. The molecule has 21 heavy (non-hydrogen) atoms. The lowest BCUT2D eigenvalue weighted by molar-refractivity contribution is 0.172. The van der Waals surface area contributed by atoms with Crippen LogP contribution < -0.4 is 10.1 Å². The Morgan fingerprint density at radius 1 is 1.38 bits per heavy atom.